The van der Waals surface area contributed by atoms with Crippen molar-refractivity contribution in [2.45, 2.75) is 26.8 Å². The van der Waals surface area contributed by atoms with Crippen LogP contribution in [0, 0.1) is 13.8 Å². The monoisotopic (exact) mass is 379 g/mol. The summed E-state index contributed by atoms with van der Waals surface area (Å²) in [6.45, 7) is 7.64. The number of carbonyl (C=O) groups is 1. The second-order valence-electron chi connectivity index (χ2n) is 7.26. The molecule has 28 heavy (non-hydrogen) atoms. The maximum absolute atomic E-state index is 12.9. The van der Waals surface area contributed by atoms with E-state index in [9.17, 15) is 4.79 Å². The maximum atomic E-state index is 12.9. The summed E-state index contributed by atoms with van der Waals surface area (Å²) in [7, 11) is 0. The number of aromatic nitrogens is 3. The van der Waals surface area contributed by atoms with E-state index < -0.39 is 0 Å². The highest BCUT2D eigenvalue weighted by Gasteiger charge is 2.25. The number of hydrogen-bond acceptors (Lipinski definition) is 5. The Morgan fingerprint density at radius 2 is 1.96 bits per heavy atom. The van der Waals surface area contributed by atoms with E-state index in [0.717, 1.165) is 43.9 Å². The molecule has 0 radical (unpaired) electrons. The third kappa shape index (κ3) is 3.71. The Hall–Kier alpha value is -2.93. The average molecular weight is 379 g/mol. The fourth-order valence-electron chi connectivity index (χ4n) is 3.81. The molecule has 1 N–H and O–H groups in total. The fraction of sp³-hybridized carbons (Fsp3) is 0.381. The molecule has 3 aromatic rings. The van der Waals surface area contributed by atoms with Crippen LogP contribution in [0.3, 0.4) is 0 Å². The van der Waals surface area contributed by atoms with Gasteiger partial charge in [-0.1, -0.05) is 35.5 Å². The first-order valence-corrected chi connectivity index (χ1v) is 9.65. The van der Waals surface area contributed by atoms with Gasteiger partial charge in [0.25, 0.3) is 5.91 Å². The molecule has 3 heterocycles. The minimum absolute atomic E-state index is 0.0198. The van der Waals surface area contributed by atoms with Gasteiger partial charge < -0.3 is 9.42 Å². The predicted molar refractivity (Wildman–Crippen MR) is 106 cm³/mol. The Labute approximate surface area is 164 Å². The number of hydrogen-bond donors (Lipinski definition) is 1. The van der Waals surface area contributed by atoms with Gasteiger partial charge in [0.1, 0.15) is 11.3 Å². The SMILES string of the molecule is Cc1noc(C)c1C(=O)N1CCCN(Cc2cn[nH]c2-c2ccccc2)CC1. The van der Waals surface area contributed by atoms with E-state index in [-0.39, 0.29) is 5.91 Å². The largest absolute Gasteiger partial charge is 0.361 e. The van der Waals surface area contributed by atoms with Crippen LogP contribution in [0.15, 0.2) is 41.1 Å². The molecule has 1 fully saturated rings. The van der Waals surface area contributed by atoms with Crippen LogP contribution in [0.5, 0.6) is 0 Å². The number of benzene rings is 1. The second-order valence-corrected chi connectivity index (χ2v) is 7.26. The normalized spacial score (nSPS) is 15.6. The molecule has 0 unspecified atom stereocenters. The van der Waals surface area contributed by atoms with Crippen molar-refractivity contribution < 1.29 is 9.32 Å². The second kappa shape index (κ2) is 7.98. The van der Waals surface area contributed by atoms with Crippen molar-refractivity contribution in [3.05, 3.63) is 59.1 Å². The van der Waals surface area contributed by atoms with E-state index in [1.165, 1.54) is 5.56 Å². The lowest BCUT2D eigenvalue weighted by molar-refractivity contribution is 0.0758. The van der Waals surface area contributed by atoms with Crippen LogP contribution < -0.4 is 0 Å². The number of carbonyl (C=O) groups excluding carboxylic acids is 1. The summed E-state index contributed by atoms with van der Waals surface area (Å²) in [6, 6.07) is 10.2. The van der Waals surface area contributed by atoms with Crippen molar-refractivity contribution in [2.24, 2.45) is 0 Å². The third-order valence-corrected chi connectivity index (χ3v) is 5.30. The lowest BCUT2D eigenvalue weighted by atomic mass is 10.1. The minimum Gasteiger partial charge on any atom is -0.361 e. The van der Waals surface area contributed by atoms with Gasteiger partial charge in [0.2, 0.25) is 0 Å². The highest BCUT2D eigenvalue weighted by atomic mass is 16.5. The molecule has 0 saturated carbocycles. The van der Waals surface area contributed by atoms with Gasteiger partial charge in [0.15, 0.2) is 0 Å². The number of rotatable bonds is 4. The van der Waals surface area contributed by atoms with Crippen molar-refractivity contribution >= 4 is 5.91 Å². The molecule has 146 valence electrons. The molecule has 7 nitrogen and oxygen atoms in total. The average Bonchev–Trinajstić information content (AvgIpc) is 3.21. The summed E-state index contributed by atoms with van der Waals surface area (Å²) in [4.78, 5) is 17.2. The third-order valence-electron chi connectivity index (χ3n) is 5.30. The Bertz CT molecular complexity index is 927. The van der Waals surface area contributed by atoms with E-state index >= 15 is 0 Å². The summed E-state index contributed by atoms with van der Waals surface area (Å²) in [6.07, 6.45) is 2.84. The van der Waals surface area contributed by atoms with E-state index in [2.05, 4.69) is 32.4 Å². The summed E-state index contributed by atoms with van der Waals surface area (Å²) in [5.74, 6) is 0.612. The quantitative estimate of drug-likeness (QED) is 0.754. The van der Waals surface area contributed by atoms with Gasteiger partial charge in [-0.15, -0.1) is 0 Å². The predicted octanol–water partition coefficient (Wildman–Crippen LogP) is 3.03. The van der Waals surface area contributed by atoms with Crippen LogP contribution in [0.2, 0.25) is 0 Å². The number of H-pyrrole nitrogens is 1. The van der Waals surface area contributed by atoms with E-state index in [1.807, 2.05) is 36.2 Å². The molecule has 2 aromatic heterocycles. The summed E-state index contributed by atoms with van der Waals surface area (Å²) in [5.41, 5.74) is 4.65. The van der Waals surface area contributed by atoms with Crippen molar-refractivity contribution in [3.63, 3.8) is 0 Å². The van der Waals surface area contributed by atoms with Gasteiger partial charge in [-0.2, -0.15) is 5.10 Å². The number of aromatic amines is 1. The lowest BCUT2D eigenvalue weighted by Gasteiger charge is -2.22. The first-order valence-electron chi connectivity index (χ1n) is 9.65. The summed E-state index contributed by atoms with van der Waals surface area (Å²) >= 11 is 0. The molecule has 0 atom stereocenters. The first kappa shape index (κ1) is 18.4. The molecule has 1 aliphatic heterocycles. The number of nitrogens with zero attached hydrogens (tertiary/aromatic N) is 4. The number of amides is 1. The zero-order valence-electron chi connectivity index (χ0n) is 16.3. The standard InChI is InChI=1S/C21H25N5O2/c1-15-19(16(2)28-24-15)21(27)26-10-6-9-25(11-12-26)14-18-13-22-23-20(18)17-7-4-3-5-8-17/h3-5,7-8,13H,6,9-12,14H2,1-2H3,(H,22,23). The molecule has 4 rings (SSSR count). The van der Waals surface area contributed by atoms with E-state index in [1.54, 1.807) is 6.92 Å². The molecule has 7 heteroatoms. The Morgan fingerprint density at radius 1 is 1.14 bits per heavy atom. The van der Waals surface area contributed by atoms with E-state index in [0.29, 0.717) is 23.6 Å². The lowest BCUT2D eigenvalue weighted by Crippen LogP contribution is -2.35. The van der Waals surface area contributed by atoms with Gasteiger partial charge >= 0.3 is 0 Å². The maximum Gasteiger partial charge on any atom is 0.259 e. The van der Waals surface area contributed by atoms with Crippen LogP contribution >= 0.6 is 0 Å². The Kier molecular flexibility index (Phi) is 5.25. The van der Waals surface area contributed by atoms with Gasteiger partial charge in [0, 0.05) is 38.3 Å². The van der Waals surface area contributed by atoms with Gasteiger partial charge in [-0.05, 0) is 25.8 Å². The molecule has 1 amide bonds. The van der Waals surface area contributed by atoms with Crippen LogP contribution in [-0.2, 0) is 6.54 Å². The highest BCUT2D eigenvalue weighted by molar-refractivity contribution is 5.96. The van der Waals surface area contributed by atoms with E-state index in [4.69, 9.17) is 4.52 Å². The molecule has 1 saturated heterocycles. The smallest absolute Gasteiger partial charge is 0.259 e. The zero-order valence-corrected chi connectivity index (χ0v) is 16.3. The van der Waals surface area contributed by atoms with Crippen molar-refractivity contribution in [1.82, 2.24) is 25.2 Å². The van der Waals surface area contributed by atoms with Gasteiger partial charge in [-0.3, -0.25) is 14.8 Å². The van der Waals surface area contributed by atoms with Crippen molar-refractivity contribution in [2.75, 3.05) is 26.2 Å². The Balaban J connectivity index is 1.43. The van der Waals surface area contributed by atoms with Crippen molar-refractivity contribution in [1.29, 1.82) is 0 Å². The molecule has 1 aliphatic rings. The number of aryl methyl sites for hydroxylation is 2. The van der Waals surface area contributed by atoms with Crippen LogP contribution in [-0.4, -0.2) is 57.2 Å². The molecular formula is C21H25N5O2. The zero-order chi connectivity index (χ0) is 19.5. The van der Waals surface area contributed by atoms with Crippen LogP contribution in [0.25, 0.3) is 11.3 Å². The fourth-order valence-corrected chi connectivity index (χ4v) is 3.81. The molecular weight excluding hydrogens is 354 g/mol. The summed E-state index contributed by atoms with van der Waals surface area (Å²) < 4.78 is 5.17. The summed E-state index contributed by atoms with van der Waals surface area (Å²) in [5, 5.41) is 11.3. The minimum atomic E-state index is 0.0198. The van der Waals surface area contributed by atoms with Crippen LogP contribution in [0.1, 0.15) is 33.8 Å². The Morgan fingerprint density at radius 3 is 2.71 bits per heavy atom. The first-order chi connectivity index (χ1) is 13.6. The highest BCUT2D eigenvalue weighted by Crippen LogP contribution is 2.23. The molecule has 0 aliphatic carbocycles. The van der Waals surface area contributed by atoms with Gasteiger partial charge in [0.05, 0.1) is 17.6 Å². The van der Waals surface area contributed by atoms with Crippen molar-refractivity contribution in [3.8, 4) is 11.3 Å². The molecule has 0 spiro atoms. The molecule has 1 aromatic carbocycles. The van der Waals surface area contributed by atoms with Crippen LogP contribution in [0.4, 0.5) is 0 Å². The molecule has 0 bridgehead atoms. The van der Waals surface area contributed by atoms with Gasteiger partial charge in [-0.25, -0.2) is 0 Å². The topological polar surface area (TPSA) is 78.3 Å². The number of nitrogens with one attached hydrogen (secondary N) is 1.